The Morgan fingerprint density at radius 2 is 0.664 bits per heavy atom. The van der Waals surface area contributed by atoms with E-state index in [-0.39, 0.29) is 0 Å². The summed E-state index contributed by atoms with van der Waals surface area (Å²) in [5.41, 5.74) is 2.99. The van der Waals surface area contributed by atoms with Crippen molar-refractivity contribution in [2.75, 3.05) is 0 Å². The lowest BCUT2D eigenvalue weighted by Gasteiger charge is -2.47. The fraction of sp³-hybridized carbons (Fsp3) is 1.00. The molecule has 0 aromatic heterocycles. The van der Waals surface area contributed by atoms with Crippen LogP contribution < -0.4 is 0 Å². The Bertz CT molecular complexity index is 1810. The lowest BCUT2D eigenvalue weighted by Crippen LogP contribution is -2.38. The van der Waals surface area contributed by atoms with Crippen LogP contribution in [0, 0.1) is 134 Å². The van der Waals surface area contributed by atoms with Gasteiger partial charge in [-0.15, -0.1) is 0 Å². The summed E-state index contributed by atoms with van der Waals surface area (Å²) in [5, 5.41) is 0. The van der Waals surface area contributed by atoms with Gasteiger partial charge < -0.3 is 0 Å². The van der Waals surface area contributed by atoms with Gasteiger partial charge in [0, 0.05) is 0 Å². The van der Waals surface area contributed by atoms with Crippen molar-refractivity contribution in [1.29, 1.82) is 0 Å². The second kappa shape index (κ2) is 79.6. The van der Waals surface area contributed by atoms with Crippen LogP contribution in [0.15, 0.2) is 0 Å². The molecule has 708 valence electrons. The van der Waals surface area contributed by atoms with Crippen molar-refractivity contribution in [2.45, 2.75) is 617 Å². The summed E-state index contributed by atoms with van der Waals surface area (Å²) < 4.78 is 0. The van der Waals surface area contributed by atoms with Gasteiger partial charge in [0.1, 0.15) is 0 Å². The predicted molar refractivity (Wildman–Crippen MR) is 547 cm³/mol. The molecule has 0 aromatic carbocycles. The summed E-state index contributed by atoms with van der Waals surface area (Å²) in [6.07, 6.45) is 76.0. The summed E-state index contributed by atoms with van der Waals surface area (Å²) in [4.78, 5) is 0. The van der Waals surface area contributed by atoms with Crippen LogP contribution in [-0.4, -0.2) is 0 Å². The molecule has 9 rings (SSSR count). The molecule has 0 heterocycles. The SMILES string of the molecule is CC(C)C1CCC1.CC(C)C1CCCC1.CC1C(C)(C)CCCC1(C)C.CC1CCC(C)(C)CC1.CC1CCCC(C)C1C.CC1CCCCC1.CC1CCCC[C@H]1C.CCC(CC)CC.CCCC(C)(C)C.CCCC1CC1.CCCCC(C)C.CCCCC(C)C.CCCCCCC.CCC[C@H](C)CC.C[C@@H]1CCCCC1(C)C. The highest BCUT2D eigenvalue weighted by molar-refractivity contribution is 4.91. The van der Waals surface area contributed by atoms with E-state index in [2.05, 4.69) is 277 Å². The number of hydrogen-bond donors (Lipinski definition) is 0. The van der Waals surface area contributed by atoms with Crippen molar-refractivity contribution >= 4 is 0 Å². The molecule has 0 spiro atoms. The quantitative estimate of drug-likeness (QED) is 0.101. The van der Waals surface area contributed by atoms with E-state index >= 15 is 0 Å². The molecule has 9 fully saturated rings. The van der Waals surface area contributed by atoms with Crippen LogP contribution >= 0.6 is 0 Å². The molecule has 9 aliphatic carbocycles. The van der Waals surface area contributed by atoms with E-state index < -0.39 is 0 Å². The van der Waals surface area contributed by atoms with Gasteiger partial charge in [-0.2, -0.15) is 0 Å². The molecule has 3 unspecified atom stereocenters. The Morgan fingerprint density at radius 3 is 0.862 bits per heavy atom. The zero-order chi connectivity index (χ0) is 90.4. The van der Waals surface area contributed by atoms with Crippen molar-refractivity contribution in [3.05, 3.63) is 0 Å². The molecule has 0 saturated heterocycles. The summed E-state index contributed by atoms with van der Waals surface area (Å²) in [5.74, 6) is 17.7. The van der Waals surface area contributed by atoms with Gasteiger partial charge in [0.05, 0.1) is 0 Å². The van der Waals surface area contributed by atoms with Crippen LogP contribution in [0.25, 0.3) is 0 Å². The molecular formula is C116H244. The average Bonchev–Trinajstić information content (AvgIpc) is 0.877. The molecule has 9 aliphatic rings. The third-order valence-electron chi connectivity index (χ3n) is 30.7. The summed E-state index contributed by atoms with van der Waals surface area (Å²) >= 11 is 0. The molecule has 0 aromatic rings. The van der Waals surface area contributed by atoms with Crippen LogP contribution in [0.1, 0.15) is 617 Å². The molecule has 0 heteroatoms. The van der Waals surface area contributed by atoms with Crippen molar-refractivity contribution in [3.63, 3.8) is 0 Å². The van der Waals surface area contributed by atoms with E-state index in [1.807, 2.05) is 0 Å². The first-order valence-electron chi connectivity index (χ1n) is 54.2. The van der Waals surface area contributed by atoms with E-state index in [9.17, 15) is 0 Å². The van der Waals surface area contributed by atoms with E-state index in [1.165, 1.54) is 340 Å². The largest absolute Gasteiger partial charge is 0.0654 e. The monoisotopic (exact) mass is 1640 g/mol. The topological polar surface area (TPSA) is 0 Å². The molecule has 0 aliphatic heterocycles. The Balaban J connectivity index is -0.000000280. The molecule has 0 nitrogen and oxygen atoms in total. The Morgan fingerprint density at radius 1 is 0.302 bits per heavy atom. The maximum absolute atomic E-state index is 2.42. The lowest BCUT2D eigenvalue weighted by atomic mass is 9.58. The first kappa shape index (κ1) is 127. The van der Waals surface area contributed by atoms with E-state index in [4.69, 9.17) is 0 Å². The van der Waals surface area contributed by atoms with Gasteiger partial charge in [-0.1, -0.05) is 579 Å². The van der Waals surface area contributed by atoms with Gasteiger partial charge >= 0.3 is 0 Å². The molecule has 6 atom stereocenters. The minimum absolute atomic E-state index is 0.550. The van der Waals surface area contributed by atoms with Crippen molar-refractivity contribution in [3.8, 4) is 0 Å². The predicted octanol–water partition coefficient (Wildman–Crippen LogP) is 43.4. The van der Waals surface area contributed by atoms with Gasteiger partial charge in [0.15, 0.2) is 0 Å². The molecule has 9 saturated carbocycles. The molecule has 0 N–H and O–H groups in total. The van der Waals surface area contributed by atoms with Gasteiger partial charge in [-0.05, 0) is 172 Å². The standard InChI is InChI=1S/C11H22.3C9H18.2C8H16.2C7H14.6C7H16.C6H12/c1-9-10(2,3)7-6-8-11(9,4)5;1-8-4-6-9(2,3)7-5-8;1-8-6-4-5-7-9(8,2)3;1-7-5-4-6-8(2)9(7)3;1-7-5-3-4-6-8(7)2;1-7(2)8-5-3-4-6-8;1-6(2)7-4-3-5-7;1-7-5-3-2-4-6-7;1-5-6-7(2,3)4;2*1-4-5-6-7(2)3;1-4-6-7(3)5-2;1-4-7(5-2)6-3;1-3-5-7-6-4-2;1-2-3-6-4-5-6/h9H,6-8H2,1-5H3;2*8H,4-7H2,1-3H3;7-9H,4-6H2,1-3H3;2*7-8H,3-6H2,1-2H3;6-7H,3-5H2,1-2H3;7H,2-6H2,1H3;5-6H2,1-4H3;4*7H,4-6H2,1-3H3;3-7H2,1-2H3;6H,2-5H2,1H3/t;;8-;;7-,8?;;;;;;;7-;;;/m..1.1......1.../s1. The van der Waals surface area contributed by atoms with Crippen LogP contribution in [0.5, 0.6) is 0 Å². The number of unbranched alkanes of at least 4 members (excludes halogenated alkanes) is 6. The van der Waals surface area contributed by atoms with Gasteiger partial charge in [0.2, 0.25) is 0 Å². The van der Waals surface area contributed by atoms with Crippen LogP contribution in [0.4, 0.5) is 0 Å². The summed E-state index contributed by atoms with van der Waals surface area (Å²) in [6, 6.07) is 0. The maximum Gasteiger partial charge on any atom is -0.0323 e. The zero-order valence-electron chi connectivity index (χ0n) is 90.4. The van der Waals surface area contributed by atoms with E-state index in [1.54, 1.807) is 0 Å². The van der Waals surface area contributed by atoms with Crippen LogP contribution in [0.3, 0.4) is 0 Å². The first-order chi connectivity index (χ1) is 54.2. The highest BCUT2D eigenvalue weighted by atomic mass is 14.5. The molecule has 0 bridgehead atoms. The van der Waals surface area contributed by atoms with Crippen molar-refractivity contribution in [2.24, 2.45) is 134 Å². The summed E-state index contributed by atoms with van der Waals surface area (Å²) in [7, 11) is 0. The van der Waals surface area contributed by atoms with Crippen molar-refractivity contribution in [1.82, 2.24) is 0 Å². The fourth-order valence-corrected chi connectivity index (χ4v) is 18.1. The minimum atomic E-state index is 0.550. The Kier molecular flexibility index (Phi) is 87.0. The van der Waals surface area contributed by atoms with E-state index in [0.717, 1.165) is 107 Å². The maximum atomic E-state index is 2.42. The number of rotatable bonds is 21. The highest BCUT2D eigenvalue weighted by Gasteiger charge is 2.40. The normalized spacial score (nSPS) is 23.6. The third-order valence-corrected chi connectivity index (χ3v) is 30.7. The van der Waals surface area contributed by atoms with E-state index in [0.29, 0.717) is 27.1 Å². The van der Waals surface area contributed by atoms with Gasteiger partial charge in [-0.3, -0.25) is 0 Å². The highest BCUT2D eigenvalue weighted by Crippen LogP contribution is 2.50. The molecule has 0 amide bonds. The van der Waals surface area contributed by atoms with Crippen molar-refractivity contribution < 1.29 is 0 Å². The summed E-state index contributed by atoms with van der Waals surface area (Å²) in [6.45, 7) is 93.0. The van der Waals surface area contributed by atoms with Crippen LogP contribution in [-0.2, 0) is 0 Å². The second-order valence-electron chi connectivity index (χ2n) is 47.1. The minimum Gasteiger partial charge on any atom is -0.0654 e. The Hall–Kier alpha value is 0. The zero-order valence-corrected chi connectivity index (χ0v) is 90.4. The molecule has 116 heavy (non-hydrogen) atoms. The molecular weight excluding hydrogens is 1390 g/mol. The Labute approximate surface area is 746 Å². The smallest absolute Gasteiger partial charge is 0.0323 e. The lowest BCUT2D eigenvalue weighted by molar-refractivity contribution is 0.0286. The average molecular weight is 1640 g/mol. The second-order valence-corrected chi connectivity index (χ2v) is 47.1. The fourth-order valence-electron chi connectivity index (χ4n) is 18.1. The van der Waals surface area contributed by atoms with Gasteiger partial charge in [0.25, 0.3) is 0 Å². The molecule has 0 radical (unpaired) electrons. The number of hydrogen-bond acceptors (Lipinski definition) is 0. The third kappa shape index (κ3) is 82.3. The van der Waals surface area contributed by atoms with Gasteiger partial charge in [-0.25, -0.2) is 0 Å². The van der Waals surface area contributed by atoms with Crippen LogP contribution in [0.2, 0.25) is 0 Å². The first-order valence-corrected chi connectivity index (χ1v) is 54.2.